The van der Waals surface area contributed by atoms with E-state index in [0.717, 1.165) is 31.5 Å². The van der Waals surface area contributed by atoms with Crippen LogP contribution in [0, 0.1) is 5.95 Å². The topological polar surface area (TPSA) is 34.0 Å². The maximum absolute atomic E-state index is 13.0. The molecule has 1 aliphatic rings. The lowest BCUT2D eigenvalue weighted by Gasteiger charge is -2.36. The SMILES string of the molecule is CC(c1ccc(F)nc1)N1CCC(n2ncc3ccccc32)CC1. The van der Waals surface area contributed by atoms with E-state index in [1.807, 2.05) is 12.3 Å². The first-order valence-corrected chi connectivity index (χ1v) is 8.50. The van der Waals surface area contributed by atoms with Gasteiger partial charge in [0, 0.05) is 30.7 Å². The van der Waals surface area contributed by atoms with E-state index in [-0.39, 0.29) is 6.04 Å². The van der Waals surface area contributed by atoms with Gasteiger partial charge in [0.2, 0.25) is 5.95 Å². The number of likely N-dealkylation sites (tertiary alicyclic amines) is 1. The second kappa shape index (κ2) is 6.32. The Hall–Kier alpha value is -2.27. The van der Waals surface area contributed by atoms with Crippen molar-refractivity contribution in [3.05, 3.63) is 60.3 Å². The van der Waals surface area contributed by atoms with Crippen LogP contribution in [0.4, 0.5) is 4.39 Å². The summed E-state index contributed by atoms with van der Waals surface area (Å²) in [6.07, 6.45) is 5.75. The van der Waals surface area contributed by atoms with Crippen molar-refractivity contribution in [2.75, 3.05) is 13.1 Å². The molecule has 4 nitrogen and oxygen atoms in total. The molecule has 1 aromatic carbocycles. The summed E-state index contributed by atoms with van der Waals surface area (Å²) in [6.45, 7) is 4.19. The largest absolute Gasteiger partial charge is 0.296 e. The predicted molar refractivity (Wildman–Crippen MR) is 92.2 cm³/mol. The average molecular weight is 324 g/mol. The lowest BCUT2D eigenvalue weighted by atomic mass is 10.0. The molecule has 124 valence electrons. The first-order valence-electron chi connectivity index (χ1n) is 8.50. The van der Waals surface area contributed by atoms with Crippen LogP contribution in [0.3, 0.4) is 0 Å². The zero-order valence-electron chi connectivity index (χ0n) is 13.8. The molecule has 0 spiro atoms. The number of benzene rings is 1. The molecule has 0 bridgehead atoms. The Morgan fingerprint density at radius 2 is 1.88 bits per heavy atom. The van der Waals surface area contributed by atoms with E-state index in [2.05, 4.69) is 50.9 Å². The van der Waals surface area contributed by atoms with E-state index in [0.29, 0.717) is 6.04 Å². The third kappa shape index (κ3) is 2.80. The minimum Gasteiger partial charge on any atom is -0.296 e. The molecule has 24 heavy (non-hydrogen) atoms. The van der Waals surface area contributed by atoms with Crippen molar-refractivity contribution >= 4 is 10.9 Å². The van der Waals surface area contributed by atoms with Crippen molar-refractivity contribution in [3.63, 3.8) is 0 Å². The molecule has 0 N–H and O–H groups in total. The fourth-order valence-electron chi connectivity index (χ4n) is 3.65. The second-order valence-electron chi connectivity index (χ2n) is 6.51. The highest BCUT2D eigenvalue weighted by molar-refractivity contribution is 5.78. The fourth-order valence-corrected chi connectivity index (χ4v) is 3.65. The van der Waals surface area contributed by atoms with Crippen LogP contribution in [-0.2, 0) is 0 Å². The van der Waals surface area contributed by atoms with E-state index >= 15 is 0 Å². The van der Waals surface area contributed by atoms with E-state index in [1.54, 1.807) is 6.20 Å². The molecule has 3 aromatic rings. The van der Waals surface area contributed by atoms with Gasteiger partial charge in [-0.15, -0.1) is 0 Å². The normalized spacial score (nSPS) is 18.1. The van der Waals surface area contributed by atoms with E-state index < -0.39 is 5.95 Å². The summed E-state index contributed by atoms with van der Waals surface area (Å²) in [5.41, 5.74) is 2.28. The quantitative estimate of drug-likeness (QED) is 0.684. The lowest BCUT2D eigenvalue weighted by Crippen LogP contribution is -2.36. The van der Waals surface area contributed by atoms with Gasteiger partial charge in [-0.25, -0.2) is 4.98 Å². The Bertz CT molecular complexity index is 819. The van der Waals surface area contributed by atoms with Crippen LogP contribution in [-0.4, -0.2) is 32.8 Å². The minimum absolute atomic E-state index is 0.258. The van der Waals surface area contributed by atoms with E-state index in [1.165, 1.54) is 17.0 Å². The van der Waals surface area contributed by atoms with Gasteiger partial charge >= 0.3 is 0 Å². The lowest BCUT2D eigenvalue weighted by molar-refractivity contribution is 0.140. The van der Waals surface area contributed by atoms with E-state index in [4.69, 9.17) is 0 Å². The molecule has 0 radical (unpaired) electrons. The highest BCUT2D eigenvalue weighted by Crippen LogP contribution is 2.30. The smallest absolute Gasteiger partial charge is 0.212 e. The number of hydrogen-bond acceptors (Lipinski definition) is 3. The molecule has 1 fully saturated rings. The van der Waals surface area contributed by atoms with Crippen molar-refractivity contribution in [1.29, 1.82) is 0 Å². The Morgan fingerprint density at radius 1 is 1.08 bits per heavy atom. The van der Waals surface area contributed by atoms with Crippen LogP contribution < -0.4 is 0 Å². The van der Waals surface area contributed by atoms with Crippen LogP contribution in [0.1, 0.15) is 37.4 Å². The number of rotatable bonds is 3. The van der Waals surface area contributed by atoms with Crippen molar-refractivity contribution in [2.24, 2.45) is 0 Å². The summed E-state index contributed by atoms with van der Waals surface area (Å²) in [4.78, 5) is 6.22. The van der Waals surface area contributed by atoms with Crippen LogP contribution in [0.2, 0.25) is 0 Å². The number of halogens is 1. The Balaban J connectivity index is 1.46. The third-order valence-electron chi connectivity index (χ3n) is 5.13. The predicted octanol–water partition coefficient (Wildman–Crippen LogP) is 3.97. The summed E-state index contributed by atoms with van der Waals surface area (Å²) in [5, 5.41) is 5.80. The second-order valence-corrected chi connectivity index (χ2v) is 6.51. The maximum Gasteiger partial charge on any atom is 0.212 e. The van der Waals surface area contributed by atoms with Gasteiger partial charge in [0.05, 0.1) is 17.8 Å². The monoisotopic (exact) mass is 324 g/mol. The summed E-state index contributed by atoms with van der Waals surface area (Å²) >= 11 is 0. The van der Waals surface area contributed by atoms with Gasteiger partial charge in [-0.05, 0) is 37.5 Å². The van der Waals surface area contributed by atoms with Gasteiger partial charge in [0.25, 0.3) is 0 Å². The molecule has 1 saturated heterocycles. The van der Waals surface area contributed by atoms with Gasteiger partial charge in [-0.2, -0.15) is 9.49 Å². The van der Waals surface area contributed by atoms with Crippen LogP contribution in [0.5, 0.6) is 0 Å². The molecule has 1 unspecified atom stereocenters. The van der Waals surface area contributed by atoms with Gasteiger partial charge in [-0.3, -0.25) is 9.58 Å². The number of hydrogen-bond donors (Lipinski definition) is 0. The average Bonchev–Trinajstić information content (AvgIpc) is 3.06. The molecule has 4 rings (SSSR count). The molecular weight excluding hydrogens is 303 g/mol. The first-order chi connectivity index (χ1) is 11.7. The number of nitrogens with zero attached hydrogens (tertiary/aromatic N) is 4. The fraction of sp³-hybridized carbons (Fsp3) is 0.368. The number of pyridine rings is 1. The van der Waals surface area contributed by atoms with Crippen molar-refractivity contribution in [3.8, 4) is 0 Å². The van der Waals surface area contributed by atoms with E-state index in [9.17, 15) is 4.39 Å². The van der Waals surface area contributed by atoms with Gasteiger partial charge < -0.3 is 0 Å². The number of piperidine rings is 1. The third-order valence-corrected chi connectivity index (χ3v) is 5.13. The van der Waals surface area contributed by atoms with Crippen LogP contribution in [0.25, 0.3) is 10.9 Å². The summed E-state index contributed by atoms with van der Waals surface area (Å²) in [6, 6.07) is 12.3. The highest BCUT2D eigenvalue weighted by Gasteiger charge is 2.25. The zero-order valence-corrected chi connectivity index (χ0v) is 13.8. The number of para-hydroxylation sites is 1. The Kier molecular flexibility index (Phi) is 4.02. The molecule has 3 heterocycles. The Morgan fingerprint density at radius 3 is 2.62 bits per heavy atom. The van der Waals surface area contributed by atoms with Crippen molar-refractivity contribution < 1.29 is 4.39 Å². The van der Waals surface area contributed by atoms with Crippen molar-refractivity contribution in [2.45, 2.75) is 31.8 Å². The maximum atomic E-state index is 13.0. The molecule has 0 aliphatic carbocycles. The molecule has 1 aliphatic heterocycles. The highest BCUT2D eigenvalue weighted by atomic mass is 19.1. The van der Waals surface area contributed by atoms with Crippen LogP contribution >= 0.6 is 0 Å². The first kappa shape index (κ1) is 15.3. The minimum atomic E-state index is -0.421. The van der Waals surface area contributed by atoms with Gasteiger partial charge in [0.1, 0.15) is 0 Å². The molecule has 2 aromatic heterocycles. The molecule has 0 amide bonds. The molecule has 0 saturated carbocycles. The summed E-state index contributed by atoms with van der Waals surface area (Å²) in [7, 11) is 0. The number of aromatic nitrogens is 3. The Labute approximate surface area is 140 Å². The molecule has 5 heteroatoms. The standard InChI is InChI=1S/C19H21FN4/c1-14(15-6-7-19(20)21-12-15)23-10-8-17(9-11-23)24-18-5-3-2-4-16(18)13-22-24/h2-7,12-14,17H,8-11H2,1H3. The molecule has 1 atom stereocenters. The number of fused-ring (bicyclic) bond motifs is 1. The molecular formula is C19H21FN4. The zero-order chi connectivity index (χ0) is 16.5. The van der Waals surface area contributed by atoms with Crippen LogP contribution in [0.15, 0.2) is 48.8 Å². The van der Waals surface area contributed by atoms with Crippen molar-refractivity contribution in [1.82, 2.24) is 19.7 Å². The summed E-state index contributed by atoms with van der Waals surface area (Å²) in [5.74, 6) is -0.421. The van der Waals surface area contributed by atoms with Gasteiger partial charge in [-0.1, -0.05) is 24.3 Å². The summed E-state index contributed by atoms with van der Waals surface area (Å²) < 4.78 is 15.2. The van der Waals surface area contributed by atoms with Gasteiger partial charge in [0.15, 0.2) is 0 Å².